The Kier molecular flexibility index (Phi) is 5.29. The van der Waals surface area contributed by atoms with Crippen LogP contribution in [0.25, 0.3) is 0 Å². The molecular formula is C14H10BrCl2NO2. The summed E-state index contributed by atoms with van der Waals surface area (Å²) in [4.78, 5) is 11.8. The lowest BCUT2D eigenvalue weighted by Gasteiger charge is -2.09. The Bertz CT molecular complexity index is 634. The molecule has 0 aromatic heterocycles. The second-order valence-corrected chi connectivity index (χ2v) is 5.68. The van der Waals surface area contributed by atoms with Gasteiger partial charge in [-0.3, -0.25) is 4.79 Å². The van der Waals surface area contributed by atoms with Crippen molar-refractivity contribution in [2.45, 2.75) is 0 Å². The van der Waals surface area contributed by atoms with E-state index in [2.05, 4.69) is 21.2 Å². The van der Waals surface area contributed by atoms with Gasteiger partial charge in [0.05, 0.1) is 10.7 Å². The molecule has 104 valence electrons. The number of carbonyl (C=O) groups is 1. The predicted octanol–water partition coefficient (Wildman–Crippen LogP) is 4.77. The molecule has 0 fully saturated rings. The molecule has 20 heavy (non-hydrogen) atoms. The van der Waals surface area contributed by atoms with E-state index in [0.717, 1.165) is 4.47 Å². The lowest BCUT2D eigenvalue weighted by Crippen LogP contribution is -2.20. The van der Waals surface area contributed by atoms with Crippen molar-refractivity contribution < 1.29 is 9.53 Å². The van der Waals surface area contributed by atoms with Crippen LogP contribution < -0.4 is 10.1 Å². The molecule has 2 aromatic carbocycles. The topological polar surface area (TPSA) is 38.3 Å². The summed E-state index contributed by atoms with van der Waals surface area (Å²) in [5, 5.41) is 3.68. The Balaban J connectivity index is 1.92. The van der Waals surface area contributed by atoms with E-state index >= 15 is 0 Å². The van der Waals surface area contributed by atoms with Crippen LogP contribution in [0.15, 0.2) is 46.9 Å². The lowest BCUT2D eigenvalue weighted by atomic mass is 10.3. The van der Waals surface area contributed by atoms with Gasteiger partial charge in [-0.2, -0.15) is 0 Å². The molecule has 0 saturated heterocycles. The fraction of sp³-hybridized carbons (Fsp3) is 0.0714. The summed E-state index contributed by atoms with van der Waals surface area (Å²) in [5.74, 6) is 0.240. The maximum absolute atomic E-state index is 11.8. The average molecular weight is 375 g/mol. The van der Waals surface area contributed by atoms with Gasteiger partial charge in [-0.05, 0) is 36.4 Å². The number of benzene rings is 2. The molecular weight excluding hydrogens is 365 g/mol. The van der Waals surface area contributed by atoms with Crippen LogP contribution >= 0.6 is 39.1 Å². The molecule has 0 aliphatic carbocycles. The minimum Gasteiger partial charge on any atom is -0.484 e. The van der Waals surface area contributed by atoms with Gasteiger partial charge in [-0.25, -0.2) is 0 Å². The van der Waals surface area contributed by atoms with E-state index in [9.17, 15) is 4.79 Å². The number of carbonyl (C=O) groups excluding carboxylic acids is 1. The molecule has 1 amide bonds. The van der Waals surface area contributed by atoms with E-state index in [0.29, 0.717) is 21.5 Å². The van der Waals surface area contributed by atoms with Crippen molar-refractivity contribution >= 4 is 50.7 Å². The third kappa shape index (κ3) is 4.40. The summed E-state index contributed by atoms with van der Waals surface area (Å²) in [7, 11) is 0. The Hall–Kier alpha value is -1.23. The number of hydrogen-bond acceptors (Lipinski definition) is 2. The highest BCUT2D eigenvalue weighted by Gasteiger charge is 2.07. The second kappa shape index (κ2) is 6.97. The van der Waals surface area contributed by atoms with E-state index in [1.165, 1.54) is 0 Å². The Morgan fingerprint density at radius 1 is 1.20 bits per heavy atom. The number of hydrogen-bond donors (Lipinski definition) is 1. The van der Waals surface area contributed by atoms with Crippen LogP contribution in [0.3, 0.4) is 0 Å². The largest absolute Gasteiger partial charge is 0.484 e. The van der Waals surface area contributed by atoms with Crippen LogP contribution in [-0.4, -0.2) is 12.5 Å². The number of ether oxygens (including phenoxy) is 1. The van der Waals surface area contributed by atoms with Crippen molar-refractivity contribution in [3.05, 3.63) is 57.0 Å². The monoisotopic (exact) mass is 373 g/mol. The van der Waals surface area contributed by atoms with Gasteiger partial charge in [0, 0.05) is 9.50 Å². The van der Waals surface area contributed by atoms with E-state index in [1.54, 1.807) is 42.5 Å². The number of nitrogens with one attached hydrogen (secondary N) is 1. The van der Waals surface area contributed by atoms with E-state index < -0.39 is 0 Å². The molecule has 0 saturated carbocycles. The van der Waals surface area contributed by atoms with Crippen LogP contribution in [0, 0.1) is 0 Å². The maximum atomic E-state index is 11.8. The fourth-order valence-corrected chi connectivity index (χ4v) is 2.38. The quantitative estimate of drug-likeness (QED) is 0.836. The van der Waals surface area contributed by atoms with Crippen molar-refractivity contribution in [1.29, 1.82) is 0 Å². The first-order valence-corrected chi connectivity index (χ1v) is 7.23. The van der Waals surface area contributed by atoms with Gasteiger partial charge in [0.2, 0.25) is 0 Å². The van der Waals surface area contributed by atoms with Crippen LogP contribution in [0.1, 0.15) is 0 Å². The van der Waals surface area contributed by atoms with Gasteiger partial charge in [-0.1, -0.05) is 45.2 Å². The molecule has 0 aliphatic rings. The van der Waals surface area contributed by atoms with Crippen molar-refractivity contribution in [2.24, 2.45) is 0 Å². The first-order chi connectivity index (χ1) is 9.54. The summed E-state index contributed by atoms with van der Waals surface area (Å²) in [6.07, 6.45) is 0. The number of halogens is 3. The molecule has 0 bridgehead atoms. The molecule has 6 heteroatoms. The van der Waals surface area contributed by atoms with Crippen LogP contribution in [-0.2, 0) is 4.79 Å². The van der Waals surface area contributed by atoms with Gasteiger partial charge in [0.1, 0.15) is 5.75 Å². The summed E-state index contributed by atoms with van der Waals surface area (Å²) < 4.78 is 6.18. The van der Waals surface area contributed by atoms with Gasteiger partial charge >= 0.3 is 0 Å². The predicted molar refractivity (Wildman–Crippen MR) is 84.7 cm³/mol. The second-order valence-electron chi connectivity index (χ2n) is 3.92. The molecule has 2 aromatic rings. The lowest BCUT2D eigenvalue weighted by molar-refractivity contribution is -0.118. The highest BCUT2D eigenvalue weighted by Crippen LogP contribution is 2.25. The Morgan fingerprint density at radius 2 is 2.00 bits per heavy atom. The standard InChI is InChI=1S/C14H10BrCl2NO2/c15-9-4-5-13(12(17)6-9)18-14(19)8-20-11-3-1-2-10(16)7-11/h1-7H,8H2,(H,18,19). The molecule has 0 unspecified atom stereocenters. The summed E-state index contributed by atoms with van der Waals surface area (Å²) >= 11 is 15.1. The van der Waals surface area contributed by atoms with Crippen molar-refractivity contribution in [1.82, 2.24) is 0 Å². The Labute approximate surface area is 135 Å². The summed E-state index contributed by atoms with van der Waals surface area (Å²) in [5.41, 5.74) is 0.537. The number of anilines is 1. The molecule has 3 nitrogen and oxygen atoms in total. The zero-order chi connectivity index (χ0) is 14.5. The van der Waals surface area contributed by atoms with Crippen LogP contribution in [0.4, 0.5) is 5.69 Å². The van der Waals surface area contributed by atoms with Gasteiger partial charge in [-0.15, -0.1) is 0 Å². The first-order valence-electron chi connectivity index (χ1n) is 5.68. The zero-order valence-corrected chi connectivity index (χ0v) is 13.3. The normalized spacial score (nSPS) is 10.2. The number of amides is 1. The maximum Gasteiger partial charge on any atom is 0.262 e. The molecule has 0 heterocycles. The Morgan fingerprint density at radius 3 is 2.70 bits per heavy atom. The van der Waals surface area contributed by atoms with E-state index in [4.69, 9.17) is 27.9 Å². The highest BCUT2D eigenvalue weighted by molar-refractivity contribution is 9.10. The minimum atomic E-state index is -0.297. The van der Waals surface area contributed by atoms with Crippen molar-refractivity contribution in [3.8, 4) is 5.75 Å². The third-order valence-electron chi connectivity index (χ3n) is 2.37. The SMILES string of the molecule is O=C(COc1cccc(Cl)c1)Nc1ccc(Br)cc1Cl. The molecule has 0 atom stereocenters. The fourth-order valence-electron chi connectivity index (χ4n) is 1.48. The van der Waals surface area contributed by atoms with Gasteiger partial charge in [0.25, 0.3) is 5.91 Å². The van der Waals surface area contributed by atoms with Crippen molar-refractivity contribution in [3.63, 3.8) is 0 Å². The molecule has 1 N–H and O–H groups in total. The molecule has 0 aliphatic heterocycles. The van der Waals surface area contributed by atoms with E-state index in [1.807, 2.05) is 0 Å². The number of rotatable bonds is 4. The van der Waals surface area contributed by atoms with E-state index in [-0.39, 0.29) is 12.5 Å². The van der Waals surface area contributed by atoms with Gasteiger partial charge in [0.15, 0.2) is 6.61 Å². The zero-order valence-electron chi connectivity index (χ0n) is 10.2. The smallest absolute Gasteiger partial charge is 0.262 e. The van der Waals surface area contributed by atoms with Crippen LogP contribution in [0.5, 0.6) is 5.75 Å². The van der Waals surface area contributed by atoms with Crippen molar-refractivity contribution in [2.75, 3.05) is 11.9 Å². The van der Waals surface area contributed by atoms with Crippen LogP contribution in [0.2, 0.25) is 10.0 Å². The molecule has 0 radical (unpaired) electrons. The molecule has 2 rings (SSSR count). The third-order valence-corrected chi connectivity index (χ3v) is 3.41. The highest BCUT2D eigenvalue weighted by atomic mass is 79.9. The minimum absolute atomic E-state index is 0.118. The molecule has 0 spiro atoms. The average Bonchev–Trinajstić information content (AvgIpc) is 2.40. The summed E-state index contributed by atoms with van der Waals surface area (Å²) in [6.45, 7) is -0.118. The van der Waals surface area contributed by atoms with Gasteiger partial charge < -0.3 is 10.1 Å². The first kappa shape index (κ1) is 15.2. The summed E-state index contributed by atoms with van der Waals surface area (Å²) in [6, 6.07) is 12.1.